The van der Waals surface area contributed by atoms with E-state index in [1.165, 1.54) is 23.9 Å². The third kappa shape index (κ3) is 3.91. The number of halogens is 1. The fourth-order valence-corrected chi connectivity index (χ4v) is 4.73. The fraction of sp³-hybridized carbons (Fsp3) is 0.400. The number of anilines is 1. The first-order valence-corrected chi connectivity index (χ1v) is 10.6. The highest BCUT2D eigenvalue weighted by Gasteiger charge is 2.52. The van der Waals surface area contributed by atoms with Crippen LogP contribution in [-0.4, -0.2) is 44.4 Å². The Morgan fingerprint density at radius 3 is 2.80 bits per heavy atom. The molecule has 30 heavy (non-hydrogen) atoms. The Bertz CT molecular complexity index is 1000. The van der Waals surface area contributed by atoms with Crippen LogP contribution in [0.4, 0.5) is 14.9 Å². The molecule has 1 aromatic heterocycles. The average molecular weight is 431 g/mol. The summed E-state index contributed by atoms with van der Waals surface area (Å²) in [6.45, 7) is -0.0184. The largest absolute Gasteiger partial charge is 0.329 e. The summed E-state index contributed by atoms with van der Waals surface area (Å²) in [6.07, 6.45) is 6.44. The van der Waals surface area contributed by atoms with E-state index in [-0.39, 0.29) is 18.9 Å². The summed E-state index contributed by atoms with van der Waals surface area (Å²) < 4.78 is 15.6. The number of imidazole rings is 1. The Kier molecular flexibility index (Phi) is 5.50. The number of aryl methyl sites for hydroxylation is 1. The van der Waals surface area contributed by atoms with Crippen LogP contribution in [-0.2, 0) is 16.6 Å². The van der Waals surface area contributed by atoms with Crippen molar-refractivity contribution >= 4 is 35.3 Å². The van der Waals surface area contributed by atoms with E-state index >= 15 is 0 Å². The van der Waals surface area contributed by atoms with Gasteiger partial charge in [0.05, 0.1) is 5.69 Å². The first kappa shape index (κ1) is 20.4. The van der Waals surface area contributed by atoms with Crippen molar-refractivity contribution in [3.63, 3.8) is 0 Å². The van der Waals surface area contributed by atoms with E-state index in [9.17, 15) is 18.8 Å². The molecule has 158 valence electrons. The van der Waals surface area contributed by atoms with Gasteiger partial charge in [-0.25, -0.2) is 14.2 Å². The number of urea groups is 1. The van der Waals surface area contributed by atoms with E-state index in [4.69, 9.17) is 0 Å². The maximum Gasteiger partial charge on any atom is 0.325 e. The van der Waals surface area contributed by atoms with E-state index in [0.717, 1.165) is 17.7 Å². The molecule has 1 aromatic carbocycles. The number of amides is 4. The topological polar surface area (TPSA) is 96.3 Å². The summed E-state index contributed by atoms with van der Waals surface area (Å²) in [6, 6.07) is 3.68. The molecule has 1 saturated carbocycles. The predicted molar refractivity (Wildman–Crippen MR) is 108 cm³/mol. The lowest BCUT2D eigenvalue weighted by atomic mass is 9.98. The second kappa shape index (κ2) is 8.10. The zero-order valence-electron chi connectivity index (χ0n) is 16.5. The standard InChI is InChI=1S/C20H22FN5O3S/c1-25-11-9-22-19(25)30-15-5-4-13(21)12-14(15)23-16(27)6-10-26-17(28)20(24-18(26)29)7-2-3-8-20/h4-5,9,11-12H,2-3,6-8,10H2,1H3,(H,23,27)(H,24,29). The zero-order chi connectivity index (χ0) is 21.3. The molecule has 2 aromatic rings. The van der Waals surface area contributed by atoms with Gasteiger partial charge < -0.3 is 15.2 Å². The van der Waals surface area contributed by atoms with Gasteiger partial charge in [0.25, 0.3) is 5.91 Å². The highest BCUT2D eigenvalue weighted by Crippen LogP contribution is 2.35. The molecule has 1 spiro atoms. The van der Waals surface area contributed by atoms with Crippen LogP contribution in [0.3, 0.4) is 0 Å². The van der Waals surface area contributed by atoms with Crippen LogP contribution in [0.2, 0.25) is 0 Å². The lowest BCUT2D eigenvalue weighted by Crippen LogP contribution is -2.44. The van der Waals surface area contributed by atoms with Crippen LogP contribution in [0.15, 0.2) is 40.6 Å². The van der Waals surface area contributed by atoms with Gasteiger partial charge in [0.15, 0.2) is 5.16 Å². The summed E-state index contributed by atoms with van der Waals surface area (Å²) >= 11 is 1.30. The second-order valence-electron chi connectivity index (χ2n) is 7.54. The van der Waals surface area contributed by atoms with Crippen LogP contribution in [0, 0.1) is 5.82 Å². The van der Waals surface area contributed by atoms with Crippen LogP contribution in [0.25, 0.3) is 0 Å². The quantitative estimate of drug-likeness (QED) is 0.686. The van der Waals surface area contributed by atoms with Gasteiger partial charge in [-0.1, -0.05) is 12.8 Å². The molecule has 0 atom stereocenters. The maximum atomic E-state index is 13.8. The highest BCUT2D eigenvalue weighted by atomic mass is 32.2. The Morgan fingerprint density at radius 1 is 1.33 bits per heavy atom. The molecule has 2 aliphatic rings. The zero-order valence-corrected chi connectivity index (χ0v) is 17.3. The van der Waals surface area contributed by atoms with Crippen molar-refractivity contribution in [2.24, 2.45) is 7.05 Å². The molecule has 1 aliphatic heterocycles. The van der Waals surface area contributed by atoms with Gasteiger partial charge >= 0.3 is 6.03 Å². The van der Waals surface area contributed by atoms with Crippen molar-refractivity contribution < 1.29 is 18.8 Å². The van der Waals surface area contributed by atoms with Gasteiger partial charge in [-0.15, -0.1) is 0 Å². The highest BCUT2D eigenvalue weighted by molar-refractivity contribution is 7.99. The van der Waals surface area contributed by atoms with Gasteiger partial charge in [-0.3, -0.25) is 14.5 Å². The van der Waals surface area contributed by atoms with Gasteiger partial charge in [-0.05, 0) is 42.8 Å². The molecule has 0 radical (unpaired) electrons. The lowest BCUT2D eigenvalue weighted by Gasteiger charge is -2.20. The molecule has 2 fully saturated rings. The van der Waals surface area contributed by atoms with Gasteiger partial charge in [0, 0.05) is 37.3 Å². The third-order valence-corrected chi connectivity index (χ3v) is 6.61. The third-order valence-electron chi connectivity index (χ3n) is 5.46. The minimum Gasteiger partial charge on any atom is -0.329 e. The van der Waals surface area contributed by atoms with E-state index in [2.05, 4.69) is 15.6 Å². The minimum atomic E-state index is -0.790. The summed E-state index contributed by atoms with van der Waals surface area (Å²) in [5, 5.41) is 6.18. The number of carbonyl (C=O) groups is 3. The van der Waals surface area contributed by atoms with E-state index < -0.39 is 23.3 Å². The Labute approximate surface area is 177 Å². The summed E-state index contributed by atoms with van der Waals surface area (Å²) in [5.74, 6) is -1.14. The van der Waals surface area contributed by atoms with E-state index in [1.54, 1.807) is 18.5 Å². The van der Waals surface area contributed by atoms with Crippen LogP contribution >= 0.6 is 11.8 Å². The van der Waals surface area contributed by atoms with Crippen LogP contribution in [0.1, 0.15) is 32.1 Å². The van der Waals surface area contributed by atoms with Crippen molar-refractivity contribution in [1.29, 1.82) is 0 Å². The number of rotatable bonds is 6. The summed E-state index contributed by atoms with van der Waals surface area (Å²) in [7, 11) is 1.84. The molecule has 1 aliphatic carbocycles. The van der Waals surface area contributed by atoms with Crippen LogP contribution < -0.4 is 10.6 Å². The Balaban J connectivity index is 1.41. The molecule has 1 saturated heterocycles. The molecular formula is C20H22FN5O3S. The van der Waals surface area contributed by atoms with Crippen molar-refractivity contribution in [2.45, 2.75) is 47.7 Å². The van der Waals surface area contributed by atoms with Crippen LogP contribution in [0.5, 0.6) is 0 Å². The molecule has 2 N–H and O–H groups in total. The lowest BCUT2D eigenvalue weighted by molar-refractivity contribution is -0.131. The number of carbonyl (C=O) groups excluding carboxylic acids is 3. The monoisotopic (exact) mass is 431 g/mol. The number of hydrogen-bond donors (Lipinski definition) is 2. The Hall–Kier alpha value is -2.88. The van der Waals surface area contributed by atoms with E-state index in [0.29, 0.717) is 28.6 Å². The summed E-state index contributed by atoms with van der Waals surface area (Å²) in [4.78, 5) is 43.4. The molecule has 4 amide bonds. The Morgan fingerprint density at radius 2 is 2.10 bits per heavy atom. The average Bonchev–Trinajstić information content (AvgIpc) is 3.39. The first-order chi connectivity index (χ1) is 14.4. The molecule has 0 bridgehead atoms. The molecule has 4 rings (SSSR count). The SMILES string of the molecule is Cn1ccnc1Sc1ccc(F)cc1NC(=O)CCN1C(=O)NC2(CCCC2)C1=O. The smallest absolute Gasteiger partial charge is 0.325 e. The van der Waals surface area contributed by atoms with Crippen molar-refractivity contribution in [2.75, 3.05) is 11.9 Å². The molecule has 8 nitrogen and oxygen atoms in total. The van der Waals surface area contributed by atoms with Gasteiger partial charge in [0.2, 0.25) is 5.91 Å². The summed E-state index contributed by atoms with van der Waals surface area (Å²) in [5.41, 5.74) is -0.473. The number of imide groups is 1. The predicted octanol–water partition coefficient (Wildman–Crippen LogP) is 2.90. The maximum absolute atomic E-state index is 13.8. The van der Waals surface area contributed by atoms with Crippen molar-refractivity contribution in [1.82, 2.24) is 19.8 Å². The normalized spacial score (nSPS) is 17.6. The molecular weight excluding hydrogens is 409 g/mol. The number of nitrogens with zero attached hydrogens (tertiary/aromatic N) is 3. The fourth-order valence-electron chi connectivity index (χ4n) is 3.86. The molecule has 0 unspecified atom stereocenters. The number of benzene rings is 1. The minimum absolute atomic E-state index is 0.0184. The molecule has 2 heterocycles. The number of aromatic nitrogens is 2. The van der Waals surface area contributed by atoms with Crippen molar-refractivity contribution in [3.8, 4) is 0 Å². The van der Waals surface area contributed by atoms with E-state index in [1.807, 2.05) is 11.6 Å². The first-order valence-electron chi connectivity index (χ1n) is 9.77. The van der Waals surface area contributed by atoms with Crippen molar-refractivity contribution in [3.05, 3.63) is 36.4 Å². The number of hydrogen-bond acceptors (Lipinski definition) is 5. The van der Waals surface area contributed by atoms with Gasteiger partial charge in [0.1, 0.15) is 11.4 Å². The molecule has 10 heteroatoms. The second-order valence-corrected chi connectivity index (χ2v) is 8.55. The number of nitrogens with one attached hydrogen (secondary N) is 2. The van der Waals surface area contributed by atoms with Gasteiger partial charge in [-0.2, -0.15) is 0 Å².